The second-order valence-corrected chi connectivity index (χ2v) is 2.54. The molecule has 0 rings (SSSR count). The van der Waals surface area contributed by atoms with Crippen molar-refractivity contribution in [2.24, 2.45) is 0 Å². The molecule has 0 amide bonds. The van der Waals surface area contributed by atoms with Crippen molar-refractivity contribution in [1.29, 1.82) is 0 Å². The standard InChI is InChI=1S/C5H8O2.C4H8O/c1-4(6)3-5(2)7;1-2-3-4-5/h3H2,1-2H3;4H,2-3H2,1H3. The van der Waals surface area contributed by atoms with E-state index in [1.54, 1.807) is 0 Å². The highest BCUT2D eigenvalue weighted by Gasteiger charge is 1.94. The molecule has 0 aliphatic rings. The van der Waals surface area contributed by atoms with Crippen LogP contribution in [0.15, 0.2) is 0 Å². The van der Waals surface area contributed by atoms with Crippen LogP contribution >= 0.6 is 0 Å². The van der Waals surface area contributed by atoms with Gasteiger partial charge < -0.3 is 4.79 Å². The number of aldehydes is 1. The zero-order valence-corrected chi connectivity index (χ0v) is 7.92. The summed E-state index contributed by atoms with van der Waals surface area (Å²) in [4.78, 5) is 29.5. The zero-order chi connectivity index (χ0) is 9.98. The van der Waals surface area contributed by atoms with Crippen LogP contribution < -0.4 is 0 Å². The fourth-order valence-corrected chi connectivity index (χ4v) is 0.468. The van der Waals surface area contributed by atoms with Crippen molar-refractivity contribution in [2.45, 2.75) is 40.0 Å². The van der Waals surface area contributed by atoms with Gasteiger partial charge in [-0.25, -0.2) is 0 Å². The van der Waals surface area contributed by atoms with E-state index in [4.69, 9.17) is 0 Å². The molecule has 0 radical (unpaired) electrons. The molecule has 0 bridgehead atoms. The second-order valence-electron chi connectivity index (χ2n) is 2.54. The van der Waals surface area contributed by atoms with Crippen molar-refractivity contribution in [1.82, 2.24) is 0 Å². The number of hydrogen-bond donors (Lipinski definition) is 0. The van der Waals surface area contributed by atoms with E-state index in [2.05, 4.69) is 0 Å². The molecule has 0 aliphatic carbocycles. The Morgan fingerprint density at radius 2 is 1.58 bits per heavy atom. The number of carbonyl (C=O) groups excluding carboxylic acids is 3. The Bertz CT molecular complexity index is 138. The monoisotopic (exact) mass is 172 g/mol. The van der Waals surface area contributed by atoms with Gasteiger partial charge in [-0.05, 0) is 20.3 Å². The van der Waals surface area contributed by atoms with Crippen molar-refractivity contribution in [3.63, 3.8) is 0 Å². The predicted octanol–water partition coefficient (Wildman–Crippen LogP) is 1.54. The van der Waals surface area contributed by atoms with Gasteiger partial charge in [0, 0.05) is 6.42 Å². The Morgan fingerprint density at radius 1 is 1.17 bits per heavy atom. The minimum atomic E-state index is -0.0625. The highest BCUT2D eigenvalue weighted by atomic mass is 16.1. The number of rotatable bonds is 4. The first-order valence-electron chi connectivity index (χ1n) is 3.97. The number of hydrogen-bond acceptors (Lipinski definition) is 3. The lowest BCUT2D eigenvalue weighted by Crippen LogP contribution is -1.97. The number of unbranched alkanes of at least 4 members (excludes halogenated alkanes) is 1. The van der Waals surface area contributed by atoms with E-state index in [0.717, 1.165) is 12.7 Å². The third kappa shape index (κ3) is 23.0. The first-order valence-corrected chi connectivity index (χ1v) is 3.97. The Morgan fingerprint density at radius 3 is 1.58 bits per heavy atom. The Kier molecular flexibility index (Phi) is 11.3. The van der Waals surface area contributed by atoms with Crippen molar-refractivity contribution >= 4 is 17.9 Å². The van der Waals surface area contributed by atoms with Gasteiger partial charge in [0.15, 0.2) is 0 Å². The molecule has 3 heteroatoms. The van der Waals surface area contributed by atoms with Crippen LogP contribution in [-0.2, 0) is 14.4 Å². The number of Topliss-reactive ketones (excluding diaryl/α,β-unsaturated/α-hetero) is 2. The van der Waals surface area contributed by atoms with E-state index in [1.807, 2.05) is 6.92 Å². The van der Waals surface area contributed by atoms with Crippen LogP contribution in [-0.4, -0.2) is 17.9 Å². The summed E-state index contributed by atoms with van der Waals surface area (Å²) in [5.74, 6) is -0.125. The van der Waals surface area contributed by atoms with E-state index < -0.39 is 0 Å². The maximum atomic E-state index is 10.0. The van der Waals surface area contributed by atoms with Gasteiger partial charge >= 0.3 is 0 Å². The van der Waals surface area contributed by atoms with Crippen LogP contribution in [0, 0.1) is 0 Å². The summed E-state index contributed by atoms with van der Waals surface area (Å²) in [6.07, 6.45) is 2.70. The molecule has 3 nitrogen and oxygen atoms in total. The summed E-state index contributed by atoms with van der Waals surface area (Å²) in [7, 11) is 0. The van der Waals surface area contributed by atoms with Crippen LogP contribution in [0.25, 0.3) is 0 Å². The molecule has 0 saturated carbocycles. The number of carbonyl (C=O) groups is 3. The van der Waals surface area contributed by atoms with E-state index in [0.29, 0.717) is 6.42 Å². The highest BCUT2D eigenvalue weighted by Crippen LogP contribution is 1.80. The van der Waals surface area contributed by atoms with Gasteiger partial charge in [0.05, 0.1) is 6.42 Å². The van der Waals surface area contributed by atoms with E-state index in [1.165, 1.54) is 13.8 Å². The van der Waals surface area contributed by atoms with Gasteiger partial charge in [-0.1, -0.05) is 6.92 Å². The first kappa shape index (κ1) is 13.6. The summed E-state index contributed by atoms with van der Waals surface area (Å²) in [6.45, 7) is 4.79. The van der Waals surface area contributed by atoms with Gasteiger partial charge in [0.1, 0.15) is 17.9 Å². The molecule has 0 unspecified atom stereocenters. The molecule has 0 aliphatic heterocycles. The molecular weight excluding hydrogens is 156 g/mol. The fourth-order valence-electron chi connectivity index (χ4n) is 0.468. The molecule has 0 aromatic rings. The van der Waals surface area contributed by atoms with Crippen LogP contribution in [0.5, 0.6) is 0 Å². The Labute approximate surface area is 73.1 Å². The van der Waals surface area contributed by atoms with Crippen molar-refractivity contribution in [3.05, 3.63) is 0 Å². The summed E-state index contributed by atoms with van der Waals surface area (Å²) in [5.41, 5.74) is 0. The molecule has 12 heavy (non-hydrogen) atoms. The van der Waals surface area contributed by atoms with Crippen LogP contribution in [0.3, 0.4) is 0 Å². The van der Waals surface area contributed by atoms with E-state index >= 15 is 0 Å². The average molecular weight is 172 g/mol. The molecule has 0 aromatic heterocycles. The molecule has 0 spiro atoms. The van der Waals surface area contributed by atoms with Gasteiger partial charge in [-0.15, -0.1) is 0 Å². The van der Waals surface area contributed by atoms with Gasteiger partial charge in [-0.2, -0.15) is 0 Å². The summed E-state index contributed by atoms with van der Waals surface area (Å²) in [6, 6.07) is 0. The normalized spacial score (nSPS) is 7.92. The van der Waals surface area contributed by atoms with Crippen molar-refractivity contribution < 1.29 is 14.4 Å². The lowest BCUT2D eigenvalue weighted by molar-refractivity contribution is -0.124. The predicted molar refractivity (Wildman–Crippen MR) is 47.0 cm³/mol. The average Bonchev–Trinajstić information content (AvgIpc) is 1.87. The summed E-state index contributed by atoms with van der Waals surface area (Å²) >= 11 is 0. The molecule has 0 aromatic carbocycles. The largest absolute Gasteiger partial charge is 0.303 e. The van der Waals surface area contributed by atoms with Crippen molar-refractivity contribution in [3.8, 4) is 0 Å². The van der Waals surface area contributed by atoms with E-state index in [9.17, 15) is 14.4 Å². The SMILES string of the molecule is CC(=O)CC(C)=O.CCCC=O. The molecular formula is C9H16O3. The maximum Gasteiger partial charge on any atom is 0.137 e. The third-order valence-electron chi connectivity index (χ3n) is 0.904. The van der Waals surface area contributed by atoms with Crippen LogP contribution in [0.2, 0.25) is 0 Å². The van der Waals surface area contributed by atoms with Gasteiger partial charge in [0.2, 0.25) is 0 Å². The van der Waals surface area contributed by atoms with Gasteiger partial charge in [0.25, 0.3) is 0 Å². The minimum absolute atomic E-state index is 0.0625. The molecule has 70 valence electrons. The highest BCUT2D eigenvalue weighted by molar-refractivity contribution is 5.96. The molecule has 0 atom stereocenters. The Balaban J connectivity index is 0. The van der Waals surface area contributed by atoms with Crippen LogP contribution in [0.1, 0.15) is 40.0 Å². The van der Waals surface area contributed by atoms with E-state index in [-0.39, 0.29) is 18.0 Å². The number of ketones is 2. The second kappa shape index (κ2) is 10.0. The summed E-state index contributed by atoms with van der Waals surface area (Å²) in [5, 5.41) is 0. The molecule has 0 saturated heterocycles. The quantitative estimate of drug-likeness (QED) is 0.477. The minimum Gasteiger partial charge on any atom is -0.303 e. The van der Waals surface area contributed by atoms with Gasteiger partial charge in [-0.3, -0.25) is 9.59 Å². The zero-order valence-electron chi connectivity index (χ0n) is 7.92. The fraction of sp³-hybridized carbons (Fsp3) is 0.667. The Hall–Kier alpha value is -0.990. The molecule has 0 N–H and O–H groups in total. The topological polar surface area (TPSA) is 51.2 Å². The van der Waals surface area contributed by atoms with Crippen LogP contribution in [0.4, 0.5) is 0 Å². The smallest absolute Gasteiger partial charge is 0.137 e. The van der Waals surface area contributed by atoms with Crippen molar-refractivity contribution in [2.75, 3.05) is 0 Å². The maximum absolute atomic E-state index is 10.0. The molecule has 0 fully saturated rings. The summed E-state index contributed by atoms with van der Waals surface area (Å²) < 4.78 is 0. The third-order valence-corrected chi connectivity index (χ3v) is 0.904. The first-order chi connectivity index (χ1) is 5.54. The lowest BCUT2D eigenvalue weighted by atomic mass is 10.2. The lowest BCUT2D eigenvalue weighted by Gasteiger charge is -1.81. The molecule has 0 heterocycles.